The number of benzene rings is 3. The second-order valence-electron chi connectivity index (χ2n) is 9.73. The standard InChI is InChI=1S/C31H35N3O4S/c1-5-7-8-9-14-29(33-38-22(4)35)28-20-34(31-17-15-23(19-27(28)31)39(36,37)6-2)30-18-16-24(21(3)32)25-12-10-11-13-26(25)30/h10-13,15-20,32H,5-9,14H2,1-4H3/b32-21?,33-29+. The Labute approximate surface area is 229 Å². The Bertz CT molecular complexity index is 1680. The second-order valence-corrected chi connectivity index (χ2v) is 12.0. The van der Waals surface area contributed by atoms with Crippen LogP contribution in [-0.2, 0) is 19.5 Å². The van der Waals surface area contributed by atoms with E-state index in [-0.39, 0.29) is 10.6 Å². The zero-order valence-corrected chi connectivity index (χ0v) is 23.8. The van der Waals surface area contributed by atoms with E-state index in [1.54, 1.807) is 26.0 Å². The minimum Gasteiger partial charge on any atom is -0.318 e. The van der Waals surface area contributed by atoms with Gasteiger partial charge in [-0.2, -0.15) is 0 Å². The van der Waals surface area contributed by atoms with Crippen LogP contribution in [0.2, 0.25) is 0 Å². The molecule has 7 nitrogen and oxygen atoms in total. The highest BCUT2D eigenvalue weighted by Gasteiger charge is 2.21. The second kappa shape index (κ2) is 11.9. The van der Waals surface area contributed by atoms with Crippen LogP contribution in [0.1, 0.15) is 70.9 Å². The minimum atomic E-state index is -3.45. The Hall–Kier alpha value is -3.78. The van der Waals surface area contributed by atoms with E-state index in [1.807, 2.05) is 53.2 Å². The average molecular weight is 546 g/mol. The van der Waals surface area contributed by atoms with E-state index in [0.29, 0.717) is 17.8 Å². The van der Waals surface area contributed by atoms with Crippen LogP contribution in [-0.4, -0.2) is 36.1 Å². The molecule has 0 aliphatic carbocycles. The van der Waals surface area contributed by atoms with Crippen molar-refractivity contribution in [1.82, 2.24) is 4.57 Å². The molecule has 39 heavy (non-hydrogen) atoms. The lowest BCUT2D eigenvalue weighted by Gasteiger charge is -2.13. The van der Waals surface area contributed by atoms with Gasteiger partial charge in [-0.1, -0.05) is 68.6 Å². The van der Waals surface area contributed by atoms with Gasteiger partial charge in [0.2, 0.25) is 0 Å². The molecule has 0 radical (unpaired) electrons. The van der Waals surface area contributed by atoms with Crippen molar-refractivity contribution < 1.29 is 18.0 Å². The van der Waals surface area contributed by atoms with E-state index in [4.69, 9.17) is 10.2 Å². The number of nitrogens with zero attached hydrogens (tertiary/aromatic N) is 2. The van der Waals surface area contributed by atoms with Crippen molar-refractivity contribution in [1.29, 1.82) is 5.41 Å². The SMILES string of the molecule is CCCCCC/C(=N\OC(C)=O)c1cn(-c2ccc(C(C)=N)c3ccccc23)c2ccc(S(=O)(=O)CC)cc12. The summed E-state index contributed by atoms with van der Waals surface area (Å²) < 4.78 is 27.7. The van der Waals surface area contributed by atoms with Gasteiger partial charge in [0.1, 0.15) is 0 Å². The maximum Gasteiger partial charge on any atom is 0.331 e. The fourth-order valence-electron chi connectivity index (χ4n) is 4.89. The maximum absolute atomic E-state index is 12.8. The first-order valence-corrected chi connectivity index (χ1v) is 15.0. The van der Waals surface area contributed by atoms with Gasteiger partial charge in [0.05, 0.1) is 27.6 Å². The van der Waals surface area contributed by atoms with Crippen LogP contribution < -0.4 is 0 Å². The van der Waals surface area contributed by atoms with E-state index < -0.39 is 15.8 Å². The topological polar surface area (TPSA) is 102 Å². The highest BCUT2D eigenvalue weighted by atomic mass is 32.2. The average Bonchev–Trinajstić information content (AvgIpc) is 3.30. The molecular formula is C31H35N3O4S. The van der Waals surface area contributed by atoms with E-state index >= 15 is 0 Å². The van der Waals surface area contributed by atoms with Crippen LogP contribution in [0.5, 0.6) is 0 Å². The zero-order valence-electron chi connectivity index (χ0n) is 23.0. The van der Waals surface area contributed by atoms with Gasteiger partial charge >= 0.3 is 5.97 Å². The van der Waals surface area contributed by atoms with Crippen LogP contribution >= 0.6 is 0 Å². The van der Waals surface area contributed by atoms with E-state index in [1.165, 1.54) is 6.92 Å². The van der Waals surface area contributed by atoms with Gasteiger partial charge in [-0.25, -0.2) is 13.2 Å². The first-order valence-electron chi connectivity index (χ1n) is 13.4. The molecule has 204 valence electrons. The number of nitrogens with one attached hydrogen (secondary N) is 1. The van der Waals surface area contributed by atoms with Crippen molar-refractivity contribution in [2.75, 3.05) is 5.75 Å². The molecule has 1 heterocycles. The molecule has 0 aliphatic heterocycles. The van der Waals surface area contributed by atoms with Gasteiger partial charge < -0.3 is 14.8 Å². The summed E-state index contributed by atoms with van der Waals surface area (Å²) >= 11 is 0. The number of rotatable bonds is 11. The molecule has 0 fully saturated rings. The first kappa shape index (κ1) is 28.2. The van der Waals surface area contributed by atoms with Crippen LogP contribution in [0.4, 0.5) is 0 Å². The molecule has 0 atom stereocenters. The number of hydrogen-bond acceptors (Lipinski definition) is 6. The summed E-state index contributed by atoms with van der Waals surface area (Å²) in [5.74, 6) is -0.516. The largest absolute Gasteiger partial charge is 0.331 e. The summed E-state index contributed by atoms with van der Waals surface area (Å²) in [5.41, 5.74) is 4.38. The van der Waals surface area contributed by atoms with E-state index in [9.17, 15) is 13.2 Å². The molecule has 0 unspecified atom stereocenters. The highest BCUT2D eigenvalue weighted by Crippen LogP contribution is 2.33. The molecule has 4 rings (SSSR count). The Morgan fingerprint density at radius 1 is 0.923 bits per heavy atom. The monoisotopic (exact) mass is 545 g/mol. The third-order valence-corrected chi connectivity index (χ3v) is 8.67. The van der Waals surface area contributed by atoms with Gasteiger partial charge in [-0.15, -0.1) is 0 Å². The number of carbonyl (C=O) groups is 1. The van der Waals surface area contributed by atoms with E-state index in [0.717, 1.165) is 64.2 Å². The summed E-state index contributed by atoms with van der Waals surface area (Å²) in [6, 6.07) is 17.1. The van der Waals surface area contributed by atoms with Crippen LogP contribution in [0.25, 0.3) is 27.4 Å². The molecule has 0 saturated heterocycles. The van der Waals surface area contributed by atoms with Crippen LogP contribution in [0.3, 0.4) is 0 Å². The zero-order chi connectivity index (χ0) is 28.2. The molecule has 3 aromatic carbocycles. The fourth-order valence-corrected chi connectivity index (χ4v) is 5.79. The molecule has 1 aromatic heterocycles. The molecule has 1 N–H and O–H groups in total. The number of sulfone groups is 1. The van der Waals surface area contributed by atoms with Crippen molar-refractivity contribution in [3.05, 3.63) is 71.9 Å². The summed E-state index contributed by atoms with van der Waals surface area (Å²) in [5, 5.41) is 15.1. The predicted molar refractivity (Wildman–Crippen MR) is 158 cm³/mol. The summed E-state index contributed by atoms with van der Waals surface area (Å²) in [6.07, 6.45) is 6.60. The number of hydrogen-bond donors (Lipinski definition) is 1. The predicted octanol–water partition coefficient (Wildman–Crippen LogP) is 7.20. The molecular weight excluding hydrogens is 510 g/mol. The molecule has 8 heteroatoms. The normalized spacial score (nSPS) is 12.3. The molecule has 0 bridgehead atoms. The minimum absolute atomic E-state index is 0.00493. The first-order chi connectivity index (χ1) is 18.7. The number of unbranched alkanes of at least 4 members (excludes halogenated alkanes) is 3. The van der Waals surface area contributed by atoms with Crippen molar-refractivity contribution in [2.24, 2.45) is 5.16 Å². The lowest BCUT2D eigenvalue weighted by molar-refractivity contribution is -0.140. The van der Waals surface area contributed by atoms with E-state index in [2.05, 4.69) is 12.1 Å². The number of aromatic nitrogens is 1. The Balaban J connectivity index is 2.00. The van der Waals surface area contributed by atoms with Gasteiger partial charge in [0.15, 0.2) is 9.84 Å². The summed E-state index contributed by atoms with van der Waals surface area (Å²) in [4.78, 5) is 17.0. The van der Waals surface area contributed by atoms with Crippen molar-refractivity contribution >= 4 is 48.9 Å². The van der Waals surface area contributed by atoms with Gasteiger partial charge in [-0.05, 0) is 49.4 Å². The Kier molecular flexibility index (Phi) is 8.65. The quantitative estimate of drug-likeness (QED) is 0.0931. The van der Waals surface area contributed by atoms with Gasteiger partial charge in [0, 0.05) is 40.7 Å². The third kappa shape index (κ3) is 5.96. The highest BCUT2D eigenvalue weighted by molar-refractivity contribution is 7.91. The third-order valence-electron chi connectivity index (χ3n) is 6.94. The summed E-state index contributed by atoms with van der Waals surface area (Å²) in [7, 11) is -3.45. The molecule has 0 aliphatic rings. The van der Waals surface area contributed by atoms with Crippen molar-refractivity contribution in [2.45, 2.75) is 64.7 Å². The lowest BCUT2D eigenvalue weighted by atomic mass is 10.00. The van der Waals surface area contributed by atoms with Gasteiger partial charge in [0.25, 0.3) is 0 Å². The maximum atomic E-state index is 12.8. The van der Waals surface area contributed by atoms with Crippen molar-refractivity contribution in [3.8, 4) is 5.69 Å². The summed E-state index contributed by atoms with van der Waals surface area (Å²) in [6.45, 7) is 6.86. The molecule has 0 spiro atoms. The number of oxime groups is 1. The Morgan fingerprint density at radius 2 is 1.67 bits per heavy atom. The lowest BCUT2D eigenvalue weighted by Crippen LogP contribution is -2.05. The van der Waals surface area contributed by atoms with Crippen LogP contribution in [0.15, 0.2) is 70.8 Å². The Morgan fingerprint density at radius 3 is 2.33 bits per heavy atom. The molecule has 4 aromatic rings. The number of fused-ring (bicyclic) bond motifs is 2. The molecule has 0 saturated carbocycles. The van der Waals surface area contributed by atoms with Crippen LogP contribution in [0, 0.1) is 5.41 Å². The fraction of sp³-hybridized carbons (Fsp3) is 0.323. The smallest absolute Gasteiger partial charge is 0.318 e. The van der Waals surface area contributed by atoms with Gasteiger partial charge in [-0.3, -0.25) is 0 Å². The van der Waals surface area contributed by atoms with Crippen molar-refractivity contribution in [3.63, 3.8) is 0 Å². The molecule has 0 amide bonds. The number of carbonyl (C=O) groups excluding carboxylic acids is 1.